The molecule has 170 valence electrons. The van der Waals surface area contributed by atoms with Gasteiger partial charge in [-0.2, -0.15) is 0 Å². The largest absolute Gasteiger partial charge is 0.508 e. The number of phenolic OH excluding ortho intramolecular Hbond substituents is 1. The molecule has 2 aromatic carbocycles. The Hall–Kier alpha value is -3.69. The lowest BCUT2D eigenvalue weighted by Gasteiger charge is -2.33. The first-order valence-electron chi connectivity index (χ1n) is 10.9. The van der Waals surface area contributed by atoms with Crippen molar-refractivity contribution in [2.45, 2.75) is 0 Å². The number of ether oxygens (including phenoxy) is 2. The number of fused-ring (bicyclic) bond motifs is 1. The summed E-state index contributed by atoms with van der Waals surface area (Å²) >= 11 is 0. The number of aromatic hydroxyl groups is 1. The lowest BCUT2D eigenvalue weighted by molar-refractivity contribution is -0.121. The van der Waals surface area contributed by atoms with Gasteiger partial charge in [-0.05, 0) is 36.4 Å². The van der Waals surface area contributed by atoms with Crippen LogP contribution in [-0.4, -0.2) is 71.9 Å². The van der Waals surface area contributed by atoms with Crippen LogP contribution in [0.4, 0.5) is 17.3 Å². The van der Waals surface area contributed by atoms with Crippen LogP contribution in [0.25, 0.3) is 11.3 Å². The van der Waals surface area contributed by atoms with Crippen molar-refractivity contribution >= 4 is 23.2 Å². The molecule has 0 unspecified atom stereocenters. The van der Waals surface area contributed by atoms with E-state index in [-0.39, 0.29) is 18.3 Å². The van der Waals surface area contributed by atoms with Crippen molar-refractivity contribution in [3.63, 3.8) is 0 Å². The first-order chi connectivity index (χ1) is 16.2. The second-order valence-electron chi connectivity index (χ2n) is 7.91. The number of nitrogens with zero attached hydrogens (tertiary/aromatic N) is 4. The van der Waals surface area contributed by atoms with Gasteiger partial charge in [0.25, 0.3) is 5.91 Å². The number of morpholine rings is 1. The van der Waals surface area contributed by atoms with Crippen molar-refractivity contribution in [3.05, 3.63) is 54.7 Å². The van der Waals surface area contributed by atoms with Gasteiger partial charge in [-0.25, -0.2) is 9.97 Å². The Bertz CT molecular complexity index is 1150. The summed E-state index contributed by atoms with van der Waals surface area (Å²) in [5, 5.41) is 12.8. The summed E-state index contributed by atoms with van der Waals surface area (Å²) in [5.41, 5.74) is 3.00. The van der Waals surface area contributed by atoms with Gasteiger partial charge in [0.15, 0.2) is 6.61 Å². The van der Waals surface area contributed by atoms with E-state index in [9.17, 15) is 9.90 Å². The zero-order valence-corrected chi connectivity index (χ0v) is 18.1. The maximum absolute atomic E-state index is 12.7. The van der Waals surface area contributed by atoms with Crippen molar-refractivity contribution in [1.29, 1.82) is 0 Å². The van der Waals surface area contributed by atoms with E-state index in [0.717, 1.165) is 44.1 Å². The molecule has 33 heavy (non-hydrogen) atoms. The van der Waals surface area contributed by atoms with Crippen LogP contribution in [0, 0.1) is 0 Å². The number of amides is 1. The SMILES string of the molecule is O=C1COc2ccc(-c3ccnc(Nc4cccc(O)c4)n3)cc2N1CCN1CCOCC1. The number of rotatable bonds is 6. The third kappa shape index (κ3) is 4.89. The quantitative estimate of drug-likeness (QED) is 0.595. The fourth-order valence-electron chi connectivity index (χ4n) is 3.97. The highest BCUT2D eigenvalue weighted by Gasteiger charge is 2.26. The lowest BCUT2D eigenvalue weighted by atomic mass is 10.1. The fourth-order valence-corrected chi connectivity index (χ4v) is 3.97. The van der Waals surface area contributed by atoms with Gasteiger partial charge in [-0.3, -0.25) is 9.69 Å². The van der Waals surface area contributed by atoms with E-state index in [0.29, 0.717) is 29.6 Å². The summed E-state index contributed by atoms with van der Waals surface area (Å²) in [6.07, 6.45) is 1.67. The Morgan fingerprint density at radius 2 is 1.94 bits per heavy atom. The minimum Gasteiger partial charge on any atom is -0.508 e. The molecule has 1 amide bonds. The topological polar surface area (TPSA) is 100 Å². The van der Waals surface area contributed by atoms with E-state index in [1.807, 2.05) is 30.3 Å². The molecule has 0 radical (unpaired) electrons. The van der Waals surface area contributed by atoms with Crippen LogP contribution in [0.1, 0.15) is 0 Å². The van der Waals surface area contributed by atoms with Crippen LogP contribution in [0.15, 0.2) is 54.7 Å². The average molecular weight is 447 g/mol. The van der Waals surface area contributed by atoms with E-state index in [2.05, 4.69) is 20.2 Å². The number of benzene rings is 2. The molecule has 2 aliphatic rings. The number of hydrogen-bond acceptors (Lipinski definition) is 8. The molecule has 0 spiro atoms. The molecule has 3 heterocycles. The molecular formula is C24H25N5O4. The molecule has 3 aromatic rings. The summed E-state index contributed by atoms with van der Waals surface area (Å²) in [6.45, 7) is 4.62. The lowest BCUT2D eigenvalue weighted by Crippen LogP contribution is -2.45. The highest BCUT2D eigenvalue weighted by molar-refractivity contribution is 5.98. The molecule has 0 atom stereocenters. The molecule has 0 saturated carbocycles. The van der Waals surface area contributed by atoms with Crippen LogP contribution < -0.4 is 15.0 Å². The van der Waals surface area contributed by atoms with Crippen LogP contribution >= 0.6 is 0 Å². The number of carbonyl (C=O) groups is 1. The maximum Gasteiger partial charge on any atom is 0.265 e. The van der Waals surface area contributed by atoms with Gasteiger partial charge >= 0.3 is 0 Å². The standard InChI is InChI=1S/C24H25N5O4/c30-19-3-1-2-18(15-19)26-24-25-7-6-20(27-24)17-4-5-22-21(14-17)29(23(31)16-33-22)9-8-28-10-12-32-13-11-28/h1-7,14-15,30H,8-13,16H2,(H,25,26,27). The molecule has 1 fully saturated rings. The van der Waals surface area contributed by atoms with Crippen molar-refractivity contribution in [2.75, 3.05) is 56.2 Å². The summed E-state index contributed by atoms with van der Waals surface area (Å²) < 4.78 is 11.1. The molecule has 9 heteroatoms. The van der Waals surface area contributed by atoms with Crippen molar-refractivity contribution < 1.29 is 19.4 Å². The van der Waals surface area contributed by atoms with Gasteiger partial charge in [0, 0.05) is 49.7 Å². The molecular weight excluding hydrogens is 422 g/mol. The van der Waals surface area contributed by atoms with Crippen LogP contribution in [0.5, 0.6) is 11.5 Å². The van der Waals surface area contributed by atoms with E-state index in [1.165, 1.54) is 0 Å². The minimum atomic E-state index is -0.0539. The molecule has 1 aromatic heterocycles. The van der Waals surface area contributed by atoms with Crippen molar-refractivity contribution in [3.8, 4) is 22.8 Å². The monoisotopic (exact) mass is 447 g/mol. The molecule has 1 saturated heterocycles. The molecule has 0 bridgehead atoms. The second kappa shape index (κ2) is 9.43. The van der Waals surface area contributed by atoms with Crippen LogP contribution in [-0.2, 0) is 9.53 Å². The Morgan fingerprint density at radius 3 is 2.79 bits per heavy atom. The first kappa shape index (κ1) is 21.2. The Kier molecular flexibility index (Phi) is 6.05. The zero-order valence-electron chi connectivity index (χ0n) is 18.1. The number of nitrogens with one attached hydrogen (secondary N) is 1. The van der Waals surface area contributed by atoms with E-state index < -0.39 is 0 Å². The zero-order chi connectivity index (χ0) is 22.6. The first-order valence-corrected chi connectivity index (χ1v) is 10.9. The number of anilines is 3. The highest BCUT2D eigenvalue weighted by Crippen LogP contribution is 2.36. The third-order valence-electron chi connectivity index (χ3n) is 5.70. The predicted molar refractivity (Wildman–Crippen MR) is 124 cm³/mol. The van der Waals surface area contributed by atoms with Gasteiger partial charge in [0.05, 0.1) is 24.6 Å². The second-order valence-corrected chi connectivity index (χ2v) is 7.91. The Balaban J connectivity index is 1.38. The number of aromatic nitrogens is 2. The molecule has 0 aliphatic carbocycles. The fraction of sp³-hybridized carbons (Fsp3) is 0.292. The predicted octanol–water partition coefficient (Wildman–Crippen LogP) is 2.65. The van der Waals surface area contributed by atoms with E-state index in [4.69, 9.17) is 9.47 Å². The molecule has 5 rings (SSSR count). The van der Waals surface area contributed by atoms with Gasteiger partial charge < -0.3 is 24.8 Å². The number of carbonyl (C=O) groups excluding carboxylic acids is 1. The Labute approximate surface area is 191 Å². The molecule has 2 N–H and O–H groups in total. The smallest absolute Gasteiger partial charge is 0.265 e. The Morgan fingerprint density at radius 1 is 1.06 bits per heavy atom. The maximum atomic E-state index is 12.7. The van der Waals surface area contributed by atoms with Gasteiger partial charge in [0.2, 0.25) is 5.95 Å². The minimum absolute atomic E-state index is 0.0426. The normalized spacial score (nSPS) is 16.2. The summed E-state index contributed by atoms with van der Waals surface area (Å²) in [6, 6.07) is 14.3. The summed E-state index contributed by atoms with van der Waals surface area (Å²) in [7, 11) is 0. The van der Waals surface area contributed by atoms with E-state index in [1.54, 1.807) is 29.3 Å². The summed E-state index contributed by atoms with van der Waals surface area (Å²) in [4.78, 5) is 25.7. The van der Waals surface area contributed by atoms with Crippen molar-refractivity contribution in [1.82, 2.24) is 14.9 Å². The highest BCUT2D eigenvalue weighted by atomic mass is 16.5. The van der Waals surface area contributed by atoms with Gasteiger partial charge in [0.1, 0.15) is 11.5 Å². The average Bonchev–Trinajstić information content (AvgIpc) is 2.84. The van der Waals surface area contributed by atoms with Crippen molar-refractivity contribution in [2.24, 2.45) is 0 Å². The number of phenols is 1. The van der Waals surface area contributed by atoms with Gasteiger partial charge in [-0.1, -0.05) is 6.07 Å². The van der Waals surface area contributed by atoms with E-state index >= 15 is 0 Å². The van der Waals surface area contributed by atoms with Crippen LogP contribution in [0.3, 0.4) is 0 Å². The van der Waals surface area contributed by atoms with Gasteiger partial charge in [-0.15, -0.1) is 0 Å². The number of hydrogen-bond donors (Lipinski definition) is 2. The molecule has 2 aliphatic heterocycles. The summed E-state index contributed by atoms with van der Waals surface area (Å²) in [5.74, 6) is 1.20. The third-order valence-corrected chi connectivity index (χ3v) is 5.70. The van der Waals surface area contributed by atoms with Crippen LogP contribution in [0.2, 0.25) is 0 Å². The molecule has 9 nitrogen and oxygen atoms in total.